The van der Waals surface area contributed by atoms with Crippen molar-refractivity contribution in [1.29, 1.82) is 0 Å². The van der Waals surface area contributed by atoms with Gasteiger partial charge < -0.3 is 10.6 Å². The molecule has 19 heavy (non-hydrogen) atoms. The van der Waals surface area contributed by atoms with Crippen LogP contribution in [0.25, 0.3) is 0 Å². The van der Waals surface area contributed by atoms with Gasteiger partial charge in [-0.05, 0) is 37.3 Å². The van der Waals surface area contributed by atoms with E-state index in [1.165, 1.54) is 6.07 Å². The van der Waals surface area contributed by atoms with Crippen molar-refractivity contribution in [3.63, 3.8) is 0 Å². The van der Waals surface area contributed by atoms with E-state index in [0.29, 0.717) is 5.82 Å². The van der Waals surface area contributed by atoms with Gasteiger partial charge in [0.25, 0.3) is 0 Å². The van der Waals surface area contributed by atoms with Crippen molar-refractivity contribution in [2.75, 3.05) is 17.2 Å². The zero-order chi connectivity index (χ0) is 13.7. The fraction of sp³-hybridized carbons (Fsp3) is 0.214. The van der Waals surface area contributed by atoms with Crippen molar-refractivity contribution in [2.45, 2.75) is 13.5 Å². The van der Waals surface area contributed by atoms with Crippen LogP contribution in [-0.2, 0) is 6.54 Å². The lowest BCUT2D eigenvalue weighted by molar-refractivity contribution is 0.587. The molecule has 2 rings (SSSR count). The summed E-state index contributed by atoms with van der Waals surface area (Å²) in [5, 5.41) is 6.05. The minimum absolute atomic E-state index is 0.187. The molecule has 0 amide bonds. The molecule has 0 saturated carbocycles. The number of rotatable bonds is 5. The largest absolute Gasteiger partial charge is 0.370 e. The molecule has 0 aliphatic carbocycles. The molecule has 0 atom stereocenters. The number of nitrogens with one attached hydrogen (secondary N) is 2. The molecule has 1 aromatic heterocycles. The van der Waals surface area contributed by atoms with E-state index in [2.05, 4.69) is 15.6 Å². The summed E-state index contributed by atoms with van der Waals surface area (Å²) in [6.45, 7) is 2.94. The van der Waals surface area contributed by atoms with Gasteiger partial charge in [0.1, 0.15) is 23.3 Å². The number of hydrogen-bond acceptors (Lipinski definition) is 3. The molecule has 0 fully saturated rings. The van der Waals surface area contributed by atoms with Crippen LogP contribution in [0.15, 0.2) is 36.4 Å². The van der Waals surface area contributed by atoms with Crippen LogP contribution in [0.3, 0.4) is 0 Å². The Balaban J connectivity index is 2.05. The van der Waals surface area contributed by atoms with Gasteiger partial charge in [-0.15, -0.1) is 0 Å². The summed E-state index contributed by atoms with van der Waals surface area (Å²) in [7, 11) is 0. The summed E-state index contributed by atoms with van der Waals surface area (Å²) < 4.78 is 26.5. The first-order chi connectivity index (χ1) is 9.19. The summed E-state index contributed by atoms with van der Waals surface area (Å²) in [5.41, 5.74) is 0.274. The van der Waals surface area contributed by atoms with E-state index in [1.807, 2.05) is 19.1 Å². The molecule has 2 aromatic rings. The van der Waals surface area contributed by atoms with Gasteiger partial charge in [0.15, 0.2) is 0 Å². The second-order valence-corrected chi connectivity index (χ2v) is 4.03. The standard InChI is InChI=1S/C14H15F2N3/c1-2-17-13-4-3-5-14(19-13)18-9-10-8-11(15)6-7-12(10)16/h3-8H,2,9H2,1H3,(H2,17,18,19). The molecule has 0 unspecified atom stereocenters. The molecule has 5 heteroatoms. The lowest BCUT2D eigenvalue weighted by Crippen LogP contribution is -2.06. The number of pyridine rings is 1. The van der Waals surface area contributed by atoms with Crippen molar-refractivity contribution in [3.05, 3.63) is 53.6 Å². The average molecular weight is 263 g/mol. The lowest BCUT2D eigenvalue weighted by atomic mass is 10.2. The van der Waals surface area contributed by atoms with Crippen molar-refractivity contribution in [3.8, 4) is 0 Å². The smallest absolute Gasteiger partial charge is 0.128 e. The Hall–Kier alpha value is -2.17. The van der Waals surface area contributed by atoms with Crippen LogP contribution < -0.4 is 10.6 Å². The van der Waals surface area contributed by atoms with Crippen LogP contribution in [0.5, 0.6) is 0 Å². The second kappa shape index (κ2) is 6.13. The summed E-state index contributed by atoms with van der Waals surface area (Å²) in [4.78, 5) is 4.29. The molecule has 0 aliphatic heterocycles. The number of benzene rings is 1. The monoisotopic (exact) mass is 263 g/mol. The molecular formula is C14H15F2N3. The molecule has 0 bridgehead atoms. The number of halogens is 2. The summed E-state index contributed by atoms with van der Waals surface area (Å²) in [5.74, 6) is 0.471. The maximum atomic E-state index is 13.4. The van der Waals surface area contributed by atoms with Gasteiger partial charge >= 0.3 is 0 Å². The van der Waals surface area contributed by atoms with Crippen LogP contribution in [0.1, 0.15) is 12.5 Å². The first-order valence-corrected chi connectivity index (χ1v) is 6.07. The zero-order valence-corrected chi connectivity index (χ0v) is 10.6. The van der Waals surface area contributed by atoms with Crippen molar-refractivity contribution >= 4 is 11.6 Å². The van der Waals surface area contributed by atoms with E-state index in [-0.39, 0.29) is 12.1 Å². The Morgan fingerprint density at radius 2 is 1.79 bits per heavy atom. The highest BCUT2D eigenvalue weighted by Gasteiger charge is 2.04. The normalized spacial score (nSPS) is 10.3. The summed E-state index contributed by atoms with van der Waals surface area (Å²) in [6.07, 6.45) is 0. The van der Waals surface area contributed by atoms with E-state index in [4.69, 9.17) is 0 Å². The van der Waals surface area contributed by atoms with E-state index >= 15 is 0 Å². The van der Waals surface area contributed by atoms with Crippen molar-refractivity contribution in [2.24, 2.45) is 0 Å². The predicted molar refractivity (Wildman–Crippen MR) is 72.1 cm³/mol. The van der Waals surface area contributed by atoms with Crippen LogP contribution >= 0.6 is 0 Å². The van der Waals surface area contributed by atoms with Crippen LogP contribution in [0.4, 0.5) is 20.4 Å². The fourth-order valence-electron chi connectivity index (χ4n) is 1.68. The fourth-order valence-corrected chi connectivity index (χ4v) is 1.68. The van der Waals surface area contributed by atoms with Gasteiger partial charge in [-0.2, -0.15) is 0 Å². The summed E-state index contributed by atoms with van der Waals surface area (Å²) in [6, 6.07) is 8.86. The highest BCUT2D eigenvalue weighted by Crippen LogP contribution is 2.13. The van der Waals surface area contributed by atoms with Gasteiger partial charge in [0, 0.05) is 18.7 Å². The molecular weight excluding hydrogens is 248 g/mol. The van der Waals surface area contributed by atoms with Gasteiger partial charge in [0.05, 0.1) is 0 Å². The van der Waals surface area contributed by atoms with Crippen LogP contribution in [0.2, 0.25) is 0 Å². The first-order valence-electron chi connectivity index (χ1n) is 6.07. The number of aromatic nitrogens is 1. The molecule has 1 aromatic carbocycles. The molecule has 3 nitrogen and oxygen atoms in total. The van der Waals surface area contributed by atoms with E-state index in [1.54, 1.807) is 6.07 Å². The average Bonchev–Trinajstić information content (AvgIpc) is 2.41. The molecule has 1 heterocycles. The predicted octanol–water partition coefficient (Wildman–Crippen LogP) is 3.40. The Bertz CT molecular complexity index is 558. The minimum Gasteiger partial charge on any atom is -0.370 e. The second-order valence-electron chi connectivity index (χ2n) is 4.03. The maximum Gasteiger partial charge on any atom is 0.128 e. The Morgan fingerprint density at radius 3 is 2.53 bits per heavy atom. The SMILES string of the molecule is CCNc1cccc(NCc2cc(F)ccc2F)n1. The van der Waals surface area contributed by atoms with Crippen molar-refractivity contribution < 1.29 is 8.78 Å². The molecule has 0 spiro atoms. The van der Waals surface area contributed by atoms with E-state index in [0.717, 1.165) is 24.5 Å². The maximum absolute atomic E-state index is 13.4. The third kappa shape index (κ3) is 3.64. The molecule has 0 saturated heterocycles. The topological polar surface area (TPSA) is 37.0 Å². The molecule has 100 valence electrons. The zero-order valence-electron chi connectivity index (χ0n) is 10.6. The highest BCUT2D eigenvalue weighted by molar-refractivity contribution is 5.45. The Kier molecular flexibility index (Phi) is 4.28. The van der Waals surface area contributed by atoms with Crippen LogP contribution in [-0.4, -0.2) is 11.5 Å². The summed E-state index contributed by atoms with van der Waals surface area (Å²) >= 11 is 0. The Morgan fingerprint density at radius 1 is 1.05 bits per heavy atom. The lowest BCUT2D eigenvalue weighted by Gasteiger charge is -2.09. The van der Waals surface area contributed by atoms with Gasteiger partial charge in [-0.1, -0.05) is 6.07 Å². The highest BCUT2D eigenvalue weighted by atomic mass is 19.1. The molecule has 2 N–H and O–H groups in total. The van der Waals surface area contributed by atoms with Gasteiger partial charge in [-0.25, -0.2) is 13.8 Å². The molecule has 0 radical (unpaired) electrons. The quantitative estimate of drug-likeness (QED) is 0.868. The van der Waals surface area contributed by atoms with Crippen LogP contribution in [0, 0.1) is 11.6 Å². The minimum atomic E-state index is -0.451. The van der Waals surface area contributed by atoms with Gasteiger partial charge in [0.2, 0.25) is 0 Å². The van der Waals surface area contributed by atoms with E-state index in [9.17, 15) is 8.78 Å². The number of hydrogen-bond donors (Lipinski definition) is 2. The number of nitrogens with zero attached hydrogens (tertiary/aromatic N) is 1. The Labute approximate surface area is 110 Å². The first kappa shape index (κ1) is 13.3. The van der Waals surface area contributed by atoms with Crippen molar-refractivity contribution in [1.82, 2.24) is 4.98 Å². The molecule has 0 aliphatic rings. The van der Waals surface area contributed by atoms with Gasteiger partial charge in [-0.3, -0.25) is 0 Å². The third-order valence-electron chi connectivity index (χ3n) is 2.57. The van der Waals surface area contributed by atoms with E-state index < -0.39 is 11.6 Å². The third-order valence-corrected chi connectivity index (χ3v) is 2.57. The number of anilines is 2.